The van der Waals surface area contributed by atoms with Crippen LogP contribution in [0.4, 0.5) is 17.2 Å². The Morgan fingerprint density at radius 1 is 1.00 bits per heavy atom. The Morgan fingerprint density at radius 3 is 2.43 bits per heavy atom. The zero-order valence-electron chi connectivity index (χ0n) is 15.0. The van der Waals surface area contributed by atoms with E-state index in [2.05, 4.69) is 20.8 Å². The minimum Gasteiger partial charge on any atom is -0.462 e. The Labute approximate surface area is 166 Å². The van der Waals surface area contributed by atoms with Crippen LogP contribution < -0.4 is 10.6 Å². The molecule has 0 saturated heterocycles. The van der Waals surface area contributed by atoms with Gasteiger partial charge in [-0.05, 0) is 55.5 Å². The van der Waals surface area contributed by atoms with Crippen LogP contribution in [0.2, 0.25) is 5.02 Å². The first-order valence-electron chi connectivity index (χ1n) is 8.50. The number of para-hydroxylation sites is 1. The van der Waals surface area contributed by atoms with Gasteiger partial charge < -0.3 is 15.4 Å². The van der Waals surface area contributed by atoms with Gasteiger partial charge in [0.2, 0.25) is 0 Å². The molecule has 3 rings (SSSR count). The Kier molecular flexibility index (Phi) is 6.18. The lowest BCUT2D eigenvalue weighted by Gasteiger charge is -2.10. The molecule has 0 radical (unpaired) electrons. The molecule has 0 spiro atoms. The third-order valence-electron chi connectivity index (χ3n) is 3.68. The maximum absolute atomic E-state index is 12.3. The van der Waals surface area contributed by atoms with Gasteiger partial charge in [0.15, 0.2) is 11.5 Å². The molecule has 142 valence electrons. The van der Waals surface area contributed by atoms with Crippen LogP contribution in [0.25, 0.3) is 0 Å². The molecule has 0 bridgehead atoms. The average molecular weight is 397 g/mol. The molecule has 0 saturated carbocycles. The van der Waals surface area contributed by atoms with Crippen LogP contribution in [0.5, 0.6) is 0 Å². The van der Waals surface area contributed by atoms with Gasteiger partial charge in [0.25, 0.3) is 5.91 Å². The number of ether oxygens (including phenoxy) is 1. The predicted molar refractivity (Wildman–Crippen MR) is 107 cm³/mol. The maximum Gasteiger partial charge on any atom is 0.340 e. The maximum atomic E-state index is 12.3. The van der Waals surface area contributed by atoms with Crippen LogP contribution >= 0.6 is 11.6 Å². The SMILES string of the molecule is CCOC(=O)c1ccccc1Nc1ccc(C(=O)Nc2ccc(Cl)cc2)nn1. The van der Waals surface area contributed by atoms with E-state index in [-0.39, 0.29) is 12.3 Å². The summed E-state index contributed by atoms with van der Waals surface area (Å²) in [5, 5.41) is 14.2. The summed E-state index contributed by atoms with van der Waals surface area (Å²) in [6, 6.07) is 16.8. The first-order chi connectivity index (χ1) is 13.6. The van der Waals surface area contributed by atoms with E-state index in [4.69, 9.17) is 16.3 Å². The lowest BCUT2D eigenvalue weighted by molar-refractivity contribution is 0.0527. The second-order valence-electron chi connectivity index (χ2n) is 5.66. The number of hydrogen-bond acceptors (Lipinski definition) is 6. The van der Waals surface area contributed by atoms with Gasteiger partial charge in [-0.15, -0.1) is 10.2 Å². The molecule has 0 atom stereocenters. The monoisotopic (exact) mass is 396 g/mol. The van der Waals surface area contributed by atoms with Gasteiger partial charge in [-0.2, -0.15) is 0 Å². The summed E-state index contributed by atoms with van der Waals surface area (Å²) in [5.41, 5.74) is 1.67. The van der Waals surface area contributed by atoms with Crippen molar-refractivity contribution in [1.29, 1.82) is 0 Å². The van der Waals surface area contributed by atoms with E-state index in [1.807, 2.05) is 0 Å². The summed E-state index contributed by atoms with van der Waals surface area (Å²) in [7, 11) is 0. The molecule has 7 nitrogen and oxygen atoms in total. The lowest BCUT2D eigenvalue weighted by atomic mass is 10.2. The van der Waals surface area contributed by atoms with Crippen molar-refractivity contribution in [3.8, 4) is 0 Å². The number of carbonyl (C=O) groups is 2. The number of nitrogens with one attached hydrogen (secondary N) is 2. The Bertz CT molecular complexity index is 976. The van der Waals surface area contributed by atoms with E-state index in [0.717, 1.165) is 0 Å². The quantitative estimate of drug-likeness (QED) is 0.603. The first-order valence-corrected chi connectivity index (χ1v) is 8.88. The predicted octanol–water partition coefficient (Wildman–Crippen LogP) is 4.30. The molecule has 0 fully saturated rings. The van der Waals surface area contributed by atoms with Crippen LogP contribution in [0.3, 0.4) is 0 Å². The van der Waals surface area contributed by atoms with Gasteiger partial charge >= 0.3 is 5.97 Å². The third-order valence-corrected chi connectivity index (χ3v) is 3.94. The van der Waals surface area contributed by atoms with Crippen molar-refractivity contribution in [2.75, 3.05) is 17.2 Å². The molecule has 2 aromatic carbocycles. The topological polar surface area (TPSA) is 93.2 Å². The fourth-order valence-corrected chi connectivity index (χ4v) is 2.49. The Hall–Kier alpha value is -3.45. The number of halogens is 1. The standard InChI is InChI=1S/C20H17ClN4O3/c1-2-28-20(27)15-5-3-4-6-16(15)23-18-12-11-17(24-25-18)19(26)22-14-9-7-13(21)8-10-14/h3-12H,2H2,1H3,(H,22,26)(H,23,25). The van der Waals surface area contributed by atoms with Gasteiger partial charge in [0.05, 0.1) is 17.9 Å². The normalized spacial score (nSPS) is 10.2. The second-order valence-corrected chi connectivity index (χ2v) is 6.09. The van der Waals surface area contributed by atoms with E-state index >= 15 is 0 Å². The summed E-state index contributed by atoms with van der Waals surface area (Å²) in [5.74, 6) is -0.439. The van der Waals surface area contributed by atoms with Crippen LogP contribution in [-0.4, -0.2) is 28.7 Å². The molecule has 28 heavy (non-hydrogen) atoms. The molecule has 0 aliphatic rings. The van der Waals surface area contributed by atoms with Crippen LogP contribution in [0.1, 0.15) is 27.8 Å². The van der Waals surface area contributed by atoms with E-state index in [1.54, 1.807) is 61.5 Å². The Morgan fingerprint density at radius 2 is 1.75 bits per heavy atom. The molecule has 3 aromatic rings. The van der Waals surface area contributed by atoms with Crippen molar-refractivity contribution < 1.29 is 14.3 Å². The number of esters is 1. The summed E-state index contributed by atoms with van der Waals surface area (Å²) in [4.78, 5) is 24.3. The molecular weight excluding hydrogens is 380 g/mol. The van der Waals surface area contributed by atoms with E-state index in [0.29, 0.717) is 27.8 Å². The highest BCUT2D eigenvalue weighted by Gasteiger charge is 2.13. The second kappa shape index (κ2) is 8.96. The molecule has 1 amide bonds. The van der Waals surface area contributed by atoms with E-state index in [9.17, 15) is 9.59 Å². The average Bonchev–Trinajstić information content (AvgIpc) is 2.71. The van der Waals surface area contributed by atoms with Crippen LogP contribution in [-0.2, 0) is 4.74 Å². The molecule has 2 N–H and O–H groups in total. The first kappa shape index (κ1) is 19.3. The molecule has 0 unspecified atom stereocenters. The molecule has 8 heteroatoms. The van der Waals surface area contributed by atoms with Crippen molar-refractivity contribution in [3.63, 3.8) is 0 Å². The van der Waals surface area contributed by atoms with Gasteiger partial charge in [-0.3, -0.25) is 4.79 Å². The highest BCUT2D eigenvalue weighted by atomic mass is 35.5. The number of aromatic nitrogens is 2. The molecule has 1 heterocycles. The molecule has 0 aliphatic heterocycles. The van der Waals surface area contributed by atoms with Crippen molar-refractivity contribution >= 4 is 40.7 Å². The summed E-state index contributed by atoms with van der Waals surface area (Å²) in [6.45, 7) is 2.03. The van der Waals surface area contributed by atoms with Gasteiger partial charge in [-0.25, -0.2) is 4.79 Å². The Balaban J connectivity index is 1.70. The van der Waals surface area contributed by atoms with Gasteiger partial charge in [-0.1, -0.05) is 23.7 Å². The van der Waals surface area contributed by atoms with Crippen molar-refractivity contribution in [1.82, 2.24) is 10.2 Å². The van der Waals surface area contributed by atoms with Crippen molar-refractivity contribution in [3.05, 3.63) is 76.9 Å². The van der Waals surface area contributed by atoms with Gasteiger partial charge in [0.1, 0.15) is 0 Å². The van der Waals surface area contributed by atoms with Crippen molar-refractivity contribution in [2.24, 2.45) is 0 Å². The zero-order valence-corrected chi connectivity index (χ0v) is 15.7. The van der Waals surface area contributed by atoms with Crippen molar-refractivity contribution in [2.45, 2.75) is 6.92 Å². The number of hydrogen-bond donors (Lipinski definition) is 2. The summed E-state index contributed by atoms with van der Waals surface area (Å²) < 4.78 is 5.04. The van der Waals surface area contributed by atoms with Crippen LogP contribution in [0, 0.1) is 0 Å². The number of carbonyl (C=O) groups excluding carboxylic acids is 2. The fraction of sp³-hybridized carbons (Fsp3) is 0.100. The largest absolute Gasteiger partial charge is 0.462 e. The fourth-order valence-electron chi connectivity index (χ4n) is 2.37. The number of rotatable bonds is 6. The summed E-state index contributed by atoms with van der Waals surface area (Å²) in [6.07, 6.45) is 0. The van der Waals surface area contributed by atoms with E-state index in [1.165, 1.54) is 6.07 Å². The van der Waals surface area contributed by atoms with Gasteiger partial charge in [0, 0.05) is 10.7 Å². The number of amides is 1. The minimum absolute atomic E-state index is 0.152. The highest BCUT2D eigenvalue weighted by Crippen LogP contribution is 2.20. The number of anilines is 3. The number of nitrogens with zero attached hydrogens (tertiary/aromatic N) is 2. The minimum atomic E-state index is -0.433. The highest BCUT2D eigenvalue weighted by molar-refractivity contribution is 6.30. The zero-order chi connectivity index (χ0) is 19.9. The van der Waals surface area contributed by atoms with E-state index < -0.39 is 11.9 Å². The van der Waals surface area contributed by atoms with Crippen LogP contribution in [0.15, 0.2) is 60.7 Å². The lowest BCUT2D eigenvalue weighted by Crippen LogP contribution is -2.14. The number of benzene rings is 2. The molecule has 1 aromatic heterocycles. The third kappa shape index (κ3) is 4.83. The summed E-state index contributed by atoms with van der Waals surface area (Å²) >= 11 is 5.83. The molecule has 0 aliphatic carbocycles. The molecular formula is C20H17ClN4O3. The smallest absolute Gasteiger partial charge is 0.340 e.